The van der Waals surface area contributed by atoms with Gasteiger partial charge in [0.1, 0.15) is 12.4 Å². The maximum Gasteiger partial charge on any atom is 0.416 e. The lowest BCUT2D eigenvalue weighted by molar-refractivity contribution is -0.133. The SMILES string of the molecule is C[C@@H]1ON(c2ccccc2)[C@H](c2ccc(F)cc2)[C@H]1C(=O)N1CCOC1=O. The van der Waals surface area contributed by atoms with Gasteiger partial charge in [0, 0.05) is 0 Å². The van der Waals surface area contributed by atoms with E-state index in [1.54, 1.807) is 24.1 Å². The Morgan fingerprint density at radius 1 is 1.11 bits per heavy atom. The molecule has 0 aliphatic carbocycles. The van der Waals surface area contributed by atoms with Gasteiger partial charge in [-0.2, -0.15) is 0 Å². The zero-order valence-corrected chi connectivity index (χ0v) is 14.7. The minimum Gasteiger partial charge on any atom is -0.447 e. The number of carbonyl (C=O) groups excluding carboxylic acids is 2. The maximum atomic E-state index is 13.4. The molecule has 0 spiro atoms. The Morgan fingerprint density at radius 2 is 1.81 bits per heavy atom. The number of ether oxygens (including phenoxy) is 1. The van der Waals surface area contributed by atoms with E-state index in [-0.39, 0.29) is 24.9 Å². The molecule has 0 bridgehead atoms. The normalized spacial score (nSPS) is 25.0. The van der Waals surface area contributed by atoms with Crippen LogP contribution in [0.1, 0.15) is 18.5 Å². The smallest absolute Gasteiger partial charge is 0.416 e. The van der Waals surface area contributed by atoms with Gasteiger partial charge in [-0.25, -0.2) is 19.1 Å². The highest BCUT2D eigenvalue weighted by molar-refractivity contribution is 5.95. The molecule has 0 aromatic heterocycles. The highest BCUT2D eigenvalue weighted by Gasteiger charge is 2.49. The summed E-state index contributed by atoms with van der Waals surface area (Å²) in [5.41, 5.74) is 1.51. The predicted octanol–water partition coefficient (Wildman–Crippen LogP) is 3.30. The Labute approximate surface area is 156 Å². The number of hydrogen-bond acceptors (Lipinski definition) is 5. The fourth-order valence-electron chi connectivity index (χ4n) is 3.62. The van der Waals surface area contributed by atoms with Gasteiger partial charge in [-0.3, -0.25) is 9.63 Å². The standard InChI is InChI=1S/C20H19FN2O4/c1-13-17(19(24)22-11-12-26-20(22)25)18(14-7-9-15(21)10-8-14)23(27-13)16-5-3-2-4-6-16/h2-10,13,17-18H,11-12H2,1H3/t13-,17-,18+/m0/s1. The van der Waals surface area contributed by atoms with Crippen molar-refractivity contribution in [2.24, 2.45) is 5.92 Å². The van der Waals surface area contributed by atoms with Gasteiger partial charge in [-0.15, -0.1) is 0 Å². The lowest BCUT2D eigenvalue weighted by atomic mass is 9.88. The minimum absolute atomic E-state index is 0.191. The molecule has 0 unspecified atom stereocenters. The van der Waals surface area contributed by atoms with E-state index >= 15 is 0 Å². The van der Waals surface area contributed by atoms with Crippen molar-refractivity contribution in [3.63, 3.8) is 0 Å². The first kappa shape index (κ1) is 17.5. The summed E-state index contributed by atoms with van der Waals surface area (Å²) in [6, 6.07) is 14.9. The minimum atomic E-state index is -0.638. The molecule has 2 aliphatic heterocycles. The average molecular weight is 370 g/mol. The van der Waals surface area contributed by atoms with Crippen molar-refractivity contribution >= 4 is 17.7 Å². The van der Waals surface area contributed by atoms with Crippen LogP contribution in [0.25, 0.3) is 0 Å². The summed E-state index contributed by atoms with van der Waals surface area (Å²) < 4.78 is 18.4. The van der Waals surface area contributed by atoms with Crippen molar-refractivity contribution in [3.05, 3.63) is 66.0 Å². The number of para-hydroxylation sites is 1. The van der Waals surface area contributed by atoms with E-state index in [4.69, 9.17) is 9.57 Å². The number of nitrogens with zero attached hydrogens (tertiary/aromatic N) is 2. The molecule has 2 heterocycles. The number of halogens is 1. The van der Waals surface area contributed by atoms with Crippen molar-refractivity contribution in [2.75, 3.05) is 18.2 Å². The molecule has 7 heteroatoms. The van der Waals surface area contributed by atoms with E-state index in [2.05, 4.69) is 0 Å². The maximum absolute atomic E-state index is 13.4. The molecule has 2 amide bonds. The first-order chi connectivity index (χ1) is 13.1. The summed E-state index contributed by atoms with van der Waals surface area (Å²) in [7, 11) is 0. The Kier molecular flexibility index (Phi) is 4.53. The Bertz CT molecular complexity index is 843. The third kappa shape index (κ3) is 3.14. The van der Waals surface area contributed by atoms with Crippen LogP contribution in [0.2, 0.25) is 0 Å². The fraction of sp³-hybridized carbons (Fsp3) is 0.300. The lowest BCUT2D eigenvalue weighted by Crippen LogP contribution is -2.41. The molecular formula is C20H19FN2O4. The van der Waals surface area contributed by atoms with Crippen LogP contribution in [0, 0.1) is 11.7 Å². The second kappa shape index (κ2) is 7.00. The average Bonchev–Trinajstić information content (AvgIpc) is 3.26. The van der Waals surface area contributed by atoms with Crippen LogP contribution < -0.4 is 5.06 Å². The van der Waals surface area contributed by atoms with Gasteiger partial charge in [-0.1, -0.05) is 30.3 Å². The van der Waals surface area contributed by atoms with Crippen molar-refractivity contribution < 1.29 is 23.6 Å². The number of amides is 2. The number of hydrogen-bond donors (Lipinski definition) is 0. The number of carbonyl (C=O) groups is 2. The summed E-state index contributed by atoms with van der Waals surface area (Å²) in [6.07, 6.45) is -1.11. The largest absolute Gasteiger partial charge is 0.447 e. The second-order valence-corrected chi connectivity index (χ2v) is 6.60. The predicted molar refractivity (Wildman–Crippen MR) is 95.2 cm³/mol. The zero-order chi connectivity index (χ0) is 19.0. The number of rotatable bonds is 3. The van der Waals surface area contributed by atoms with E-state index in [0.29, 0.717) is 0 Å². The molecule has 2 fully saturated rings. The van der Waals surface area contributed by atoms with Crippen molar-refractivity contribution in [1.29, 1.82) is 0 Å². The van der Waals surface area contributed by atoms with Crippen molar-refractivity contribution in [1.82, 2.24) is 4.90 Å². The van der Waals surface area contributed by atoms with E-state index in [9.17, 15) is 14.0 Å². The van der Waals surface area contributed by atoms with Crippen LogP contribution in [0.5, 0.6) is 0 Å². The van der Waals surface area contributed by atoms with E-state index in [1.165, 1.54) is 12.1 Å². The fourth-order valence-corrected chi connectivity index (χ4v) is 3.62. The van der Waals surface area contributed by atoms with Gasteiger partial charge in [-0.05, 0) is 36.8 Å². The number of anilines is 1. The van der Waals surface area contributed by atoms with Gasteiger partial charge in [0.2, 0.25) is 5.91 Å². The molecule has 0 saturated carbocycles. The second-order valence-electron chi connectivity index (χ2n) is 6.60. The van der Waals surface area contributed by atoms with Crippen molar-refractivity contribution in [3.8, 4) is 0 Å². The Morgan fingerprint density at radius 3 is 2.44 bits per heavy atom. The monoisotopic (exact) mass is 370 g/mol. The van der Waals surface area contributed by atoms with Gasteiger partial charge in [0.05, 0.1) is 30.3 Å². The highest BCUT2D eigenvalue weighted by Crippen LogP contribution is 2.43. The third-order valence-electron chi connectivity index (χ3n) is 4.91. The highest BCUT2D eigenvalue weighted by atomic mass is 19.1. The van der Waals surface area contributed by atoms with Gasteiger partial charge < -0.3 is 4.74 Å². The Hall–Kier alpha value is -2.93. The first-order valence-corrected chi connectivity index (χ1v) is 8.81. The molecule has 6 nitrogen and oxygen atoms in total. The molecule has 2 aromatic carbocycles. The van der Waals surface area contributed by atoms with Crippen LogP contribution >= 0.6 is 0 Å². The molecule has 27 heavy (non-hydrogen) atoms. The van der Waals surface area contributed by atoms with E-state index in [0.717, 1.165) is 16.2 Å². The van der Waals surface area contributed by atoms with Crippen LogP contribution in [0.4, 0.5) is 14.9 Å². The molecule has 0 radical (unpaired) electrons. The van der Waals surface area contributed by atoms with E-state index < -0.39 is 24.2 Å². The summed E-state index contributed by atoms with van der Waals surface area (Å²) in [5.74, 6) is -1.35. The van der Waals surface area contributed by atoms with Crippen LogP contribution in [-0.4, -0.2) is 36.2 Å². The number of imide groups is 1. The lowest BCUT2D eigenvalue weighted by Gasteiger charge is -2.28. The molecular weight excluding hydrogens is 351 g/mol. The first-order valence-electron chi connectivity index (χ1n) is 8.81. The molecule has 4 rings (SSSR count). The molecule has 0 N–H and O–H groups in total. The molecule has 3 atom stereocenters. The Balaban J connectivity index is 1.75. The molecule has 2 aromatic rings. The van der Waals surface area contributed by atoms with Crippen LogP contribution in [0.3, 0.4) is 0 Å². The number of benzene rings is 2. The van der Waals surface area contributed by atoms with Crippen LogP contribution in [-0.2, 0) is 14.4 Å². The van der Waals surface area contributed by atoms with E-state index in [1.807, 2.05) is 30.3 Å². The van der Waals surface area contributed by atoms with Gasteiger partial charge in [0.15, 0.2) is 0 Å². The summed E-state index contributed by atoms with van der Waals surface area (Å²) >= 11 is 0. The van der Waals surface area contributed by atoms with Crippen molar-refractivity contribution in [2.45, 2.75) is 19.1 Å². The molecule has 2 aliphatic rings. The van der Waals surface area contributed by atoms with Gasteiger partial charge >= 0.3 is 6.09 Å². The number of hydroxylamine groups is 1. The summed E-state index contributed by atoms with van der Waals surface area (Å²) in [4.78, 5) is 32.2. The topological polar surface area (TPSA) is 59.1 Å². The summed E-state index contributed by atoms with van der Waals surface area (Å²) in [5, 5.41) is 1.67. The zero-order valence-electron chi connectivity index (χ0n) is 14.7. The number of cyclic esters (lactones) is 1. The quantitative estimate of drug-likeness (QED) is 0.830. The third-order valence-corrected chi connectivity index (χ3v) is 4.91. The molecule has 2 saturated heterocycles. The van der Waals surface area contributed by atoms with Crippen LogP contribution in [0.15, 0.2) is 54.6 Å². The van der Waals surface area contributed by atoms with Gasteiger partial charge in [0.25, 0.3) is 0 Å². The summed E-state index contributed by atoms with van der Waals surface area (Å²) in [6.45, 7) is 2.21. The molecule has 140 valence electrons.